The Bertz CT molecular complexity index is 363. The Labute approximate surface area is 147 Å². The molecule has 0 unspecified atom stereocenters. The van der Waals surface area contributed by atoms with Gasteiger partial charge in [0.15, 0.2) is 0 Å². The van der Waals surface area contributed by atoms with E-state index in [0.717, 1.165) is 11.5 Å². The number of hydrogen-bond donors (Lipinski definition) is 0. The molecule has 0 aliphatic rings. The molecule has 0 nitrogen and oxygen atoms in total. The Kier molecular flexibility index (Phi) is 14.0. The zero-order valence-electron chi connectivity index (χ0n) is 15.4. The predicted molar refractivity (Wildman–Crippen MR) is 110 cm³/mol. The van der Waals surface area contributed by atoms with Crippen molar-refractivity contribution in [3.8, 4) is 0 Å². The Hall–Kier alpha value is -0.340. The van der Waals surface area contributed by atoms with Crippen molar-refractivity contribution in [2.24, 2.45) is 0 Å². The van der Waals surface area contributed by atoms with Gasteiger partial charge in [-0.25, -0.2) is 0 Å². The molecule has 0 radical (unpaired) electrons. The first-order chi connectivity index (χ1) is 10.4. The molecule has 0 amide bonds. The van der Waals surface area contributed by atoms with Crippen molar-refractivity contribution in [2.75, 3.05) is 11.5 Å². The minimum Gasteiger partial charge on any atom is -0.0897 e. The number of rotatable bonds is 11. The first-order valence-corrected chi connectivity index (χ1v) is 10.7. The van der Waals surface area contributed by atoms with Crippen molar-refractivity contribution in [2.45, 2.75) is 67.2 Å². The summed E-state index contributed by atoms with van der Waals surface area (Å²) in [5.74, 6) is 2.24. The summed E-state index contributed by atoms with van der Waals surface area (Å²) in [6, 6.07) is 0. The van der Waals surface area contributed by atoms with Crippen molar-refractivity contribution in [3.63, 3.8) is 0 Å². The Morgan fingerprint density at radius 2 is 0.955 bits per heavy atom. The maximum absolute atomic E-state index is 2.38. The Balaban J connectivity index is 3.71. The zero-order valence-corrected chi connectivity index (χ0v) is 17.0. The molecule has 0 aromatic heterocycles. The van der Waals surface area contributed by atoms with Crippen LogP contribution < -0.4 is 0 Å². The molecule has 0 aromatic carbocycles. The van der Waals surface area contributed by atoms with Crippen LogP contribution in [0.15, 0.2) is 46.6 Å². The minimum absolute atomic E-state index is 1.12. The lowest BCUT2D eigenvalue weighted by molar-refractivity contribution is 0.964. The van der Waals surface area contributed by atoms with Gasteiger partial charge in [0.2, 0.25) is 0 Å². The summed E-state index contributed by atoms with van der Waals surface area (Å²) in [6.07, 6.45) is 14.1. The summed E-state index contributed by atoms with van der Waals surface area (Å²) >= 11 is 0. The van der Waals surface area contributed by atoms with Crippen molar-refractivity contribution in [1.82, 2.24) is 0 Å². The van der Waals surface area contributed by atoms with Gasteiger partial charge in [0.05, 0.1) is 0 Å². The predicted octanol–water partition coefficient (Wildman–Crippen LogP) is 7.75. The van der Waals surface area contributed by atoms with Crippen molar-refractivity contribution < 1.29 is 0 Å². The molecule has 0 atom stereocenters. The normalized spacial score (nSPS) is 12.3. The molecule has 0 heterocycles. The van der Waals surface area contributed by atoms with Crippen LogP contribution in [0.4, 0.5) is 0 Å². The van der Waals surface area contributed by atoms with Crippen LogP contribution in [0.2, 0.25) is 0 Å². The third kappa shape index (κ3) is 16.0. The molecule has 0 fully saturated rings. The SMILES string of the molecule is CC(C)=CCCC(C)=CCSSCC=C(C)CCC=C(C)C. The van der Waals surface area contributed by atoms with E-state index in [2.05, 4.69) is 65.8 Å². The smallest absolute Gasteiger partial charge is 0.0220 e. The lowest BCUT2D eigenvalue weighted by atomic mass is 10.1. The summed E-state index contributed by atoms with van der Waals surface area (Å²) in [4.78, 5) is 0. The van der Waals surface area contributed by atoms with Gasteiger partial charge >= 0.3 is 0 Å². The van der Waals surface area contributed by atoms with Crippen LogP contribution in [0.1, 0.15) is 67.2 Å². The molecule has 0 saturated heterocycles. The molecule has 0 bridgehead atoms. The monoisotopic (exact) mass is 338 g/mol. The first-order valence-electron chi connectivity index (χ1n) is 8.24. The molecule has 0 aliphatic heterocycles. The lowest BCUT2D eigenvalue weighted by Gasteiger charge is -2.01. The average molecular weight is 339 g/mol. The molecule has 0 N–H and O–H groups in total. The van der Waals surface area contributed by atoms with Gasteiger partial charge in [-0.1, -0.05) is 68.2 Å². The largest absolute Gasteiger partial charge is 0.0897 e. The maximum Gasteiger partial charge on any atom is 0.0220 e. The fourth-order valence-corrected chi connectivity index (χ4v) is 3.71. The summed E-state index contributed by atoms with van der Waals surface area (Å²) in [7, 11) is 3.92. The van der Waals surface area contributed by atoms with Gasteiger partial charge in [-0.05, 0) is 67.2 Å². The fourth-order valence-electron chi connectivity index (χ4n) is 1.83. The van der Waals surface area contributed by atoms with Crippen LogP contribution in [-0.2, 0) is 0 Å². The highest BCUT2D eigenvalue weighted by Crippen LogP contribution is 2.23. The molecule has 0 aromatic rings. The Morgan fingerprint density at radius 3 is 1.27 bits per heavy atom. The molecular weight excluding hydrogens is 304 g/mol. The quantitative estimate of drug-likeness (QED) is 0.214. The van der Waals surface area contributed by atoms with Crippen LogP contribution >= 0.6 is 21.6 Å². The third-order valence-electron chi connectivity index (χ3n) is 3.27. The van der Waals surface area contributed by atoms with E-state index in [-0.39, 0.29) is 0 Å². The van der Waals surface area contributed by atoms with E-state index < -0.39 is 0 Å². The van der Waals surface area contributed by atoms with Crippen LogP contribution in [0, 0.1) is 0 Å². The third-order valence-corrected chi connectivity index (χ3v) is 5.35. The molecule has 2 heteroatoms. The van der Waals surface area contributed by atoms with Gasteiger partial charge in [-0.2, -0.15) is 0 Å². The maximum atomic E-state index is 2.38. The van der Waals surface area contributed by atoms with E-state index in [1.54, 1.807) is 0 Å². The van der Waals surface area contributed by atoms with E-state index in [4.69, 9.17) is 0 Å². The van der Waals surface area contributed by atoms with Gasteiger partial charge in [-0.15, -0.1) is 0 Å². The standard InChI is InChI=1S/C20H34S2/c1-17(2)9-7-11-19(5)13-15-21-22-16-14-20(6)12-8-10-18(3)4/h9-10,13-14H,7-8,11-12,15-16H2,1-6H3. The Morgan fingerprint density at radius 1 is 0.591 bits per heavy atom. The highest BCUT2D eigenvalue weighted by Gasteiger charge is 1.92. The summed E-state index contributed by atoms with van der Waals surface area (Å²) < 4.78 is 0. The summed E-state index contributed by atoms with van der Waals surface area (Å²) in [6.45, 7) is 13.2. The van der Waals surface area contributed by atoms with Crippen LogP contribution in [0.5, 0.6) is 0 Å². The molecule has 0 rings (SSSR count). The minimum atomic E-state index is 1.12. The van der Waals surface area contributed by atoms with Crippen molar-refractivity contribution in [3.05, 3.63) is 46.6 Å². The van der Waals surface area contributed by atoms with Crippen LogP contribution in [-0.4, -0.2) is 11.5 Å². The van der Waals surface area contributed by atoms with E-state index in [1.165, 1.54) is 48.0 Å². The number of hydrogen-bond acceptors (Lipinski definition) is 2. The van der Waals surface area contributed by atoms with Crippen LogP contribution in [0.25, 0.3) is 0 Å². The molecular formula is C20H34S2. The number of allylic oxidation sites excluding steroid dienone is 6. The molecule has 22 heavy (non-hydrogen) atoms. The van der Waals surface area contributed by atoms with Gasteiger partial charge in [-0.3, -0.25) is 0 Å². The van der Waals surface area contributed by atoms with Crippen LogP contribution in [0.3, 0.4) is 0 Å². The summed E-state index contributed by atoms with van der Waals surface area (Å²) in [5, 5.41) is 0. The molecule has 0 saturated carbocycles. The molecule has 126 valence electrons. The van der Waals surface area contributed by atoms with Gasteiger partial charge < -0.3 is 0 Å². The molecule has 0 spiro atoms. The second-order valence-corrected chi connectivity index (χ2v) is 8.86. The fraction of sp³-hybridized carbons (Fsp3) is 0.600. The van der Waals surface area contributed by atoms with Gasteiger partial charge in [0.1, 0.15) is 0 Å². The first kappa shape index (κ1) is 21.7. The average Bonchev–Trinajstić information content (AvgIpc) is 2.41. The highest BCUT2D eigenvalue weighted by molar-refractivity contribution is 8.76. The van der Waals surface area contributed by atoms with E-state index in [0.29, 0.717) is 0 Å². The van der Waals surface area contributed by atoms with E-state index in [1.807, 2.05) is 21.6 Å². The second-order valence-electron chi connectivity index (χ2n) is 6.31. The van der Waals surface area contributed by atoms with Gasteiger partial charge in [0.25, 0.3) is 0 Å². The summed E-state index contributed by atoms with van der Waals surface area (Å²) in [5.41, 5.74) is 5.87. The van der Waals surface area contributed by atoms with Gasteiger partial charge in [0, 0.05) is 11.5 Å². The van der Waals surface area contributed by atoms with Crippen molar-refractivity contribution >= 4 is 21.6 Å². The zero-order chi connectivity index (χ0) is 16.8. The lowest BCUT2D eigenvalue weighted by Crippen LogP contribution is -1.80. The topological polar surface area (TPSA) is 0 Å². The van der Waals surface area contributed by atoms with E-state index >= 15 is 0 Å². The van der Waals surface area contributed by atoms with E-state index in [9.17, 15) is 0 Å². The highest BCUT2D eigenvalue weighted by atomic mass is 33.1. The van der Waals surface area contributed by atoms with Crippen molar-refractivity contribution in [1.29, 1.82) is 0 Å². The second kappa shape index (κ2) is 14.3. The molecule has 0 aliphatic carbocycles.